The van der Waals surface area contributed by atoms with Crippen molar-refractivity contribution < 1.29 is 9.59 Å². The number of aryl methyl sites for hydroxylation is 1. The molecule has 1 aliphatic rings. The number of amides is 2. The van der Waals surface area contributed by atoms with Crippen molar-refractivity contribution >= 4 is 11.8 Å². The van der Waals surface area contributed by atoms with Crippen LogP contribution in [0.25, 0.3) is 0 Å². The minimum absolute atomic E-state index is 0.0289. The van der Waals surface area contributed by atoms with Crippen molar-refractivity contribution in [3.63, 3.8) is 0 Å². The Morgan fingerprint density at radius 3 is 2.57 bits per heavy atom. The lowest BCUT2D eigenvalue weighted by molar-refractivity contribution is -0.139. The quantitative estimate of drug-likeness (QED) is 0.925. The molecular weight excluding hydrogens is 264 g/mol. The fourth-order valence-electron chi connectivity index (χ4n) is 2.93. The zero-order valence-electron chi connectivity index (χ0n) is 13.1. The number of nitrogens with one attached hydrogen (secondary N) is 1. The van der Waals surface area contributed by atoms with Gasteiger partial charge in [0.2, 0.25) is 11.8 Å². The molecule has 1 N–H and O–H groups in total. The molecule has 1 aromatic carbocycles. The second-order valence-corrected chi connectivity index (χ2v) is 5.80. The lowest BCUT2D eigenvalue weighted by Gasteiger charge is -2.33. The Morgan fingerprint density at radius 1 is 1.24 bits per heavy atom. The Morgan fingerprint density at radius 2 is 1.95 bits per heavy atom. The summed E-state index contributed by atoms with van der Waals surface area (Å²) in [5.74, 6) is 0.0126. The third kappa shape index (κ3) is 3.26. The maximum Gasteiger partial charge on any atom is 0.248 e. The summed E-state index contributed by atoms with van der Waals surface area (Å²) in [6.45, 7) is 7.01. The average Bonchev–Trinajstić information content (AvgIpc) is 2.59. The van der Waals surface area contributed by atoms with Crippen molar-refractivity contribution in [3.8, 4) is 0 Å². The molecule has 0 bridgehead atoms. The van der Waals surface area contributed by atoms with E-state index in [1.165, 1.54) is 5.56 Å². The summed E-state index contributed by atoms with van der Waals surface area (Å²) in [5, 5.41) is 2.94. The van der Waals surface area contributed by atoms with Crippen LogP contribution in [0.3, 0.4) is 0 Å². The fourth-order valence-corrected chi connectivity index (χ4v) is 2.93. The number of carbonyl (C=O) groups excluding carboxylic acids is 2. The molecule has 1 aromatic rings. The van der Waals surface area contributed by atoms with E-state index >= 15 is 0 Å². The molecule has 0 spiro atoms. The molecule has 0 saturated carbocycles. The highest BCUT2D eigenvalue weighted by molar-refractivity contribution is 5.93. The Balaban J connectivity index is 2.25. The van der Waals surface area contributed by atoms with Gasteiger partial charge in [-0.15, -0.1) is 0 Å². The summed E-state index contributed by atoms with van der Waals surface area (Å²) < 4.78 is 0. The smallest absolute Gasteiger partial charge is 0.248 e. The van der Waals surface area contributed by atoms with Gasteiger partial charge in [-0.05, 0) is 25.3 Å². The van der Waals surface area contributed by atoms with Crippen molar-refractivity contribution in [2.45, 2.75) is 52.1 Å². The van der Waals surface area contributed by atoms with Crippen LogP contribution in [0.4, 0.5) is 0 Å². The molecule has 0 aromatic heterocycles. The lowest BCUT2D eigenvalue weighted by Crippen LogP contribution is -2.56. The molecule has 0 aliphatic carbocycles. The molecule has 0 radical (unpaired) electrons. The van der Waals surface area contributed by atoms with Crippen LogP contribution in [0.5, 0.6) is 0 Å². The molecule has 4 heteroatoms. The highest BCUT2D eigenvalue weighted by Gasteiger charge is 2.41. The highest BCUT2D eigenvalue weighted by Crippen LogP contribution is 2.23. The third-order valence-electron chi connectivity index (χ3n) is 4.35. The molecule has 21 heavy (non-hydrogen) atoms. The summed E-state index contributed by atoms with van der Waals surface area (Å²) >= 11 is 0. The van der Waals surface area contributed by atoms with Crippen LogP contribution in [0.15, 0.2) is 24.3 Å². The van der Waals surface area contributed by atoms with Crippen molar-refractivity contribution in [2.24, 2.45) is 0 Å². The van der Waals surface area contributed by atoms with E-state index in [-0.39, 0.29) is 11.8 Å². The predicted molar refractivity (Wildman–Crippen MR) is 82.7 cm³/mol. The van der Waals surface area contributed by atoms with E-state index in [9.17, 15) is 9.59 Å². The van der Waals surface area contributed by atoms with Crippen LogP contribution in [-0.4, -0.2) is 28.8 Å². The van der Waals surface area contributed by atoms with E-state index in [1.54, 1.807) is 0 Å². The monoisotopic (exact) mass is 288 g/mol. The molecule has 2 rings (SSSR count). The van der Waals surface area contributed by atoms with Crippen LogP contribution in [-0.2, 0) is 16.1 Å². The first kappa shape index (κ1) is 15.5. The minimum atomic E-state index is -0.739. The van der Waals surface area contributed by atoms with Crippen LogP contribution in [0.1, 0.15) is 44.2 Å². The van der Waals surface area contributed by atoms with E-state index in [0.717, 1.165) is 5.56 Å². The van der Waals surface area contributed by atoms with Crippen molar-refractivity contribution in [1.29, 1.82) is 0 Å². The van der Waals surface area contributed by atoms with Gasteiger partial charge in [-0.3, -0.25) is 9.59 Å². The molecule has 2 amide bonds. The second kappa shape index (κ2) is 6.29. The lowest BCUT2D eigenvalue weighted by atomic mass is 9.91. The summed E-state index contributed by atoms with van der Waals surface area (Å²) in [7, 11) is 0. The summed E-state index contributed by atoms with van der Waals surface area (Å²) in [6.07, 6.45) is 1.62. The first-order chi connectivity index (χ1) is 10.0. The largest absolute Gasteiger partial charge is 0.342 e. The highest BCUT2D eigenvalue weighted by atomic mass is 16.2. The first-order valence-electron chi connectivity index (χ1n) is 7.66. The summed E-state index contributed by atoms with van der Waals surface area (Å²) in [4.78, 5) is 26.6. The molecule has 0 atom stereocenters. The Labute approximate surface area is 126 Å². The molecule has 1 aliphatic heterocycles. The van der Waals surface area contributed by atoms with Gasteiger partial charge in [0.05, 0.1) is 0 Å². The minimum Gasteiger partial charge on any atom is -0.342 e. The van der Waals surface area contributed by atoms with Crippen LogP contribution in [0, 0.1) is 6.92 Å². The zero-order chi connectivity index (χ0) is 15.5. The van der Waals surface area contributed by atoms with Gasteiger partial charge in [0.25, 0.3) is 0 Å². The SMILES string of the molecule is CCC1(CC)NC(=O)CCN(Cc2cccc(C)c2)C1=O. The molecule has 1 fully saturated rings. The Hall–Kier alpha value is -1.84. The van der Waals surface area contributed by atoms with Gasteiger partial charge in [-0.2, -0.15) is 0 Å². The predicted octanol–water partition coefficient (Wildman–Crippen LogP) is 2.40. The molecule has 1 heterocycles. The summed E-state index contributed by atoms with van der Waals surface area (Å²) in [5.41, 5.74) is 1.55. The molecular formula is C17H24N2O2. The number of nitrogens with zero attached hydrogens (tertiary/aromatic N) is 1. The fraction of sp³-hybridized carbons (Fsp3) is 0.529. The van der Waals surface area contributed by atoms with Gasteiger partial charge in [0.15, 0.2) is 0 Å². The maximum atomic E-state index is 12.9. The van der Waals surface area contributed by atoms with E-state index < -0.39 is 5.54 Å². The van der Waals surface area contributed by atoms with Crippen molar-refractivity contribution in [3.05, 3.63) is 35.4 Å². The van der Waals surface area contributed by atoms with Crippen LogP contribution >= 0.6 is 0 Å². The van der Waals surface area contributed by atoms with Gasteiger partial charge in [-0.1, -0.05) is 43.7 Å². The maximum absolute atomic E-state index is 12.9. The molecule has 4 nitrogen and oxygen atoms in total. The van der Waals surface area contributed by atoms with Gasteiger partial charge < -0.3 is 10.2 Å². The molecule has 0 unspecified atom stereocenters. The van der Waals surface area contributed by atoms with E-state index in [2.05, 4.69) is 11.4 Å². The average molecular weight is 288 g/mol. The number of rotatable bonds is 4. The van der Waals surface area contributed by atoms with E-state index in [1.807, 2.05) is 43.9 Å². The Kier molecular flexibility index (Phi) is 4.66. The van der Waals surface area contributed by atoms with Crippen molar-refractivity contribution in [2.75, 3.05) is 6.54 Å². The van der Waals surface area contributed by atoms with Crippen LogP contribution in [0.2, 0.25) is 0 Å². The number of carbonyl (C=O) groups is 2. The van der Waals surface area contributed by atoms with Gasteiger partial charge >= 0.3 is 0 Å². The second-order valence-electron chi connectivity index (χ2n) is 5.80. The first-order valence-corrected chi connectivity index (χ1v) is 7.66. The Bertz CT molecular complexity index is 535. The number of benzene rings is 1. The van der Waals surface area contributed by atoms with Gasteiger partial charge in [0, 0.05) is 19.5 Å². The molecule has 114 valence electrons. The zero-order valence-corrected chi connectivity index (χ0v) is 13.1. The van der Waals surface area contributed by atoms with Crippen molar-refractivity contribution in [1.82, 2.24) is 10.2 Å². The number of hydrogen-bond donors (Lipinski definition) is 1. The molecule has 1 saturated heterocycles. The topological polar surface area (TPSA) is 49.4 Å². The standard InChI is InChI=1S/C17H24N2O2/c1-4-17(5-2)16(21)19(10-9-15(20)18-17)12-14-8-6-7-13(3)11-14/h6-8,11H,4-5,9-10,12H2,1-3H3,(H,18,20). The van der Waals surface area contributed by atoms with Gasteiger partial charge in [0.1, 0.15) is 5.54 Å². The third-order valence-corrected chi connectivity index (χ3v) is 4.35. The van der Waals surface area contributed by atoms with Gasteiger partial charge in [-0.25, -0.2) is 0 Å². The number of hydrogen-bond acceptors (Lipinski definition) is 2. The normalized spacial score (nSPS) is 18.3. The summed E-state index contributed by atoms with van der Waals surface area (Å²) in [6, 6.07) is 8.16. The van der Waals surface area contributed by atoms with E-state index in [4.69, 9.17) is 0 Å². The van der Waals surface area contributed by atoms with Crippen LogP contribution < -0.4 is 5.32 Å². The van der Waals surface area contributed by atoms with E-state index in [0.29, 0.717) is 32.4 Å².